The molecule has 0 amide bonds. The summed E-state index contributed by atoms with van der Waals surface area (Å²) in [5, 5.41) is 10.9. The van der Waals surface area contributed by atoms with E-state index >= 15 is 0 Å². The van der Waals surface area contributed by atoms with Gasteiger partial charge < -0.3 is 10.0 Å². The quantitative estimate of drug-likeness (QED) is 0.828. The number of nitrogens with zero attached hydrogens (tertiary/aromatic N) is 1. The van der Waals surface area contributed by atoms with Gasteiger partial charge in [0.2, 0.25) is 0 Å². The molecule has 0 aliphatic carbocycles. The average molecular weight is 340 g/mol. The van der Waals surface area contributed by atoms with Crippen LogP contribution in [0.4, 0.5) is 0 Å². The van der Waals surface area contributed by atoms with Gasteiger partial charge in [-0.25, -0.2) is 8.42 Å². The highest BCUT2D eigenvalue weighted by atomic mass is 35.5. The van der Waals surface area contributed by atoms with E-state index in [-0.39, 0.29) is 5.75 Å². The van der Waals surface area contributed by atoms with Crippen LogP contribution in [0.2, 0.25) is 10.0 Å². The first-order valence-corrected chi connectivity index (χ1v) is 9.00. The molecule has 0 saturated heterocycles. The summed E-state index contributed by atoms with van der Waals surface area (Å²) in [6.45, 7) is 1.01. The molecule has 0 aliphatic rings. The van der Waals surface area contributed by atoms with Crippen LogP contribution in [-0.2, 0) is 9.84 Å². The van der Waals surface area contributed by atoms with Crippen LogP contribution < -0.4 is 0 Å². The summed E-state index contributed by atoms with van der Waals surface area (Å²) in [4.78, 5) is 1.86. The van der Waals surface area contributed by atoms with Crippen LogP contribution in [0.15, 0.2) is 18.2 Å². The number of aliphatic hydroxyl groups excluding tert-OH is 1. The average Bonchev–Trinajstić information content (AvgIpc) is 2.36. The summed E-state index contributed by atoms with van der Waals surface area (Å²) >= 11 is 11.9. The van der Waals surface area contributed by atoms with E-state index < -0.39 is 15.9 Å². The molecule has 0 heterocycles. The lowest BCUT2D eigenvalue weighted by molar-refractivity contribution is 0.150. The summed E-state index contributed by atoms with van der Waals surface area (Å²) in [6, 6.07) is 5.13. The van der Waals surface area contributed by atoms with Crippen LogP contribution in [0.5, 0.6) is 0 Å². The first-order valence-electron chi connectivity index (χ1n) is 6.19. The van der Waals surface area contributed by atoms with Crippen LogP contribution >= 0.6 is 23.2 Å². The third kappa shape index (κ3) is 5.97. The zero-order valence-corrected chi connectivity index (χ0v) is 13.8. The van der Waals surface area contributed by atoms with Gasteiger partial charge in [0, 0.05) is 24.9 Å². The standard InChI is InChI=1S/C13H19Cl2NO3S/c1-16(8-9-20(2,18)19)7-6-12(17)10-4-3-5-11(14)13(10)15/h3-5,12,17H,6-9H2,1-2H3. The molecule has 0 radical (unpaired) electrons. The second-order valence-electron chi connectivity index (χ2n) is 4.88. The fourth-order valence-corrected chi connectivity index (χ4v) is 2.79. The van der Waals surface area contributed by atoms with Gasteiger partial charge in [-0.15, -0.1) is 0 Å². The Morgan fingerprint density at radius 1 is 1.30 bits per heavy atom. The van der Waals surface area contributed by atoms with Gasteiger partial charge in [-0.1, -0.05) is 35.3 Å². The molecule has 0 aliphatic heterocycles. The van der Waals surface area contributed by atoms with Crippen molar-refractivity contribution in [2.75, 3.05) is 32.1 Å². The second-order valence-corrected chi connectivity index (χ2v) is 7.93. The predicted molar refractivity (Wildman–Crippen MR) is 83.2 cm³/mol. The molecule has 20 heavy (non-hydrogen) atoms. The molecule has 1 aromatic rings. The monoisotopic (exact) mass is 339 g/mol. The van der Waals surface area contributed by atoms with Crippen molar-refractivity contribution in [2.24, 2.45) is 0 Å². The maximum Gasteiger partial charge on any atom is 0.148 e. The van der Waals surface area contributed by atoms with Crippen LogP contribution in [0.1, 0.15) is 18.1 Å². The van der Waals surface area contributed by atoms with Gasteiger partial charge in [-0.3, -0.25) is 0 Å². The van der Waals surface area contributed by atoms with Gasteiger partial charge in [0.05, 0.1) is 21.9 Å². The van der Waals surface area contributed by atoms with Gasteiger partial charge in [0.25, 0.3) is 0 Å². The minimum absolute atomic E-state index is 0.109. The molecular formula is C13H19Cl2NO3S. The zero-order chi connectivity index (χ0) is 15.3. The van der Waals surface area contributed by atoms with E-state index in [1.54, 1.807) is 18.2 Å². The molecule has 1 N–H and O–H groups in total. The van der Waals surface area contributed by atoms with Crippen LogP contribution in [0.3, 0.4) is 0 Å². The fourth-order valence-electron chi connectivity index (χ4n) is 1.71. The lowest BCUT2D eigenvalue weighted by atomic mass is 10.1. The van der Waals surface area contributed by atoms with E-state index in [0.29, 0.717) is 35.1 Å². The Hall–Kier alpha value is -0.330. The Morgan fingerprint density at radius 3 is 2.55 bits per heavy atom. The number of halogens is 2. The molecule has 7 heteroatoms. The number of sulfone groups is 1. The third-order valence-electron chi connectivity index (χ3n) is 2.97. The highest BCUT2D eigenvalue weighted by molar-refractivity contribution is 7.90. The summed E-state index contributed by atoms with van der Waals surface area (Å²) in [5.41, 5.74) is 0.593. The van der Waals surface area contributed by atoms with E-state index in [1.807, 2.05) is 11.9 Å². The zero-order valence-electron chi connectivity index (χ0n) is 11.5. The molecule has 1 rings (SSSR count). The Morgan fingerprint density at radius 2 is 1.95 bits per heavy atom. The minimum atomic E-state index is -2.96. The molecule has 0 bridgehead atoms. The van der Waals surface area contributed by atoms with E-state index in [9.17, 15) is 13.5 Å². The lowest BCUT2D eigenvalue weighted by Gasteiger charge is -2.19. The number of hydrogen-bond acceptors (Lipinski definition) is 4. The van der Waals surface area contributed by atoms with Crippen molar-refractivity contribution in [2.45, 2.75) is 12.5 Å². The number of benzene rings is 1. The second kappa shape index (κ2) is 7.61. The first-order chi connectivity index (χ1) is 9.20. The molecule has 1 atom stereocenters. The Kier molecular flexibility index (Phi) is 6.75. The van der Waals surface area contributed by atoms with Crippen molar-refractivity contribution in [3.05, 3.63) is 33.8 Å². The Balaban J connectivity index is 2.51. The van der Waals surface area contributed by atoms with Crippen molar-refractivity contribution < 1.29 is 13.5 Å². The van der Waals surface area contributed by atoms with Gasteiger partial charge in [-0.2, -0.15) is 0 Å². The largest absolute Gasteiger partial charge is 0.388 e. The van der Waals surface area contributed by atoms with E-state index in [2.05, 4.69) is 0 Å². The van der Waals surface area contributed by atoms with Crippen LogP contribution in [0, 0.1) is 0 Å². The summed E-state index contributed by atoms with van der Waals surface area (Å²) in [5.74, 6) is 0.109. The van der Waals surface area contributed by atoms with Gasteiger partial charge in [0.1, 0.15) is 9.84 Å². The summed E-state index contributed by atoms with van der Waals surface area (Å²) in [7, 11) is -1.15. The highest BCUT2D eigenvalue weighted by Crippen LogP contribution is 2.31. The molecule has 0 aromatic heterocycles. The molecule has 1 unspecified atom stereocenters. The number of aliphatic hydroxyl groups is 1. The molecule has 4 nitrogen and oxygen atoms in total. The maximum absolute atomic E-state index is 11.1. The molecule has 0 spiro atoms. The molecular weight excluding hydrogens is 321 g/mol. The normalized spacial score (nSPS) is 13.7. The van der Waals surface area contributed by atoms with Crippen LogP contribution in [-0.4, -0.2) is 50.6 Å². The van der Waals surface area contributed by atoms with E-state index in [1.165, 1.54) is 6.26 Å². The molecule has 0 saturated carbocycles. The smallest absolute Gasteiger partial charge is 0.148 e. The van der Waals surface area contributed by atoms with Crippen molar-refractivity contribution in [1.29, 1.82) is 0 Å². The van der Waals surface area contributed by atoms with Crippen molar-refractivity contribution in [1.82, 2.24) is 4.90 Å². The molecule has 1 aromatic carbocycles. The van der Waals surface area contributed by atoms with Gasteiger partial charge >= 0.3 is 0 Å². The van der Waals surface area contributed by atoms with Crippen LogP contribution in [0.25, 0.3) is 0 Å². The third-order valence-corrected chi connectivity index (χ3v) is 4.73. The molecule has 0 fully saturated rings. The predicted octanol–water partition coefficient (Wildman–Crippen LogP) is 2.39. The Labute approximate surface area is 130 Å². The lowest BCUT2D eigenvalue weighted by Crippen LogP contribution is -2.27. The Bertz CT molecular complexity index is 549. The van der Waals surface area contributed by atoms with Crippen molar-refractivity contribution in [3.63, 3.8) is 0 Å². The number of rotatable bonds is 7. The summed E-state index contributed by atoms with van der Waals surface area (Å²) in [6.07, 6.45) is 0.948. The van der Waals surface area contributed by atoms with Crippen molar-refractivity contribution >= 4 is 33.0 Å². The minimum Gasteiger partial charge on any atom is -0.388 e. The highest BCUT2D eigenvalue weighted by Gasteiger charge is 2.14. The fraction of sp³-hybridized carbons (Fsp3) is 0.538. The molecule has 114 valence electrons. The SMILES string of the molecule is CN(CCC(O)c1cccc(Cl)c1Cl)CCS(C)(=O)=O. The van der Waals surface area contributed by atoms with E-state index in [0.717, 1.165) is 0 Å². The first kappa shape index (κ1) is 17.7. The van der Waals surface area contributed by atoms with E-state index in [4.69, 9.17) is 23.2 Å². The summed E-state index contributed by atoms with van der Waals surface area (Å²) < 4.78 is 22.1. The van der Waals surface area contributed by atoms with Gasteiger partial charge in [0.15, 0.2) is 0 Å². The van der Waals surface area contributed by atoms with Gasteiger partial charge in [-0.05, 0) is 19.5 Å². The topological polar surface area (TPSA) is 57.6 Å². The van der Waals surface area contributed by atoms with Crippen molar-refractivity contribution in [3.8, 4) is 0 Å². The number of hydrogen-bond donors (Lipinski definition) is 1. The maximum atomic E-state index is 11.1.